The number of hydrogen-bond acceptors (Lipinski definition) is 4. The molecule has 1 aromatic heterocycles. The Morgan fingerprint density at radius 2 is 2.26 bits per heavy atom. The second-order valence-corrected chi connectivity index (χ2v) is 5.62. The molecular formula is C13H14FN3S2. The molecule has 0 bridgehead atoms. The molecule has 1 heterocycles. The maximum Gasteiger partial charge on any atom is 0.135 e. The Morgan fingerprint density at radius 3 is 2.79 bits per heavy atom. The number of benzene rings is 1. The maximum absolute atomic E-state index is 13.8. The minimum atomic E-state index is -0.391. The third kappa shape index (κ3) is 3.08. The van der Waals surface area contributed by atoms with Crippen LogP contribution in [0.1, 0.15) is 16.1 Å². The number of nitrogens with zero attached hydrogens (tertiary/aromatic N) is 2. The zero-order chi connectivity index (χ0) is 14.0. The SMILES string of the molecule is Cc1ncsc1CN(C)c1ccc(C(N)=S)c(F)c1. The van der Waals surface area contributed by atoms with Crippen molar-refractivity contribution in [3.63, 3.8) is 0 Å². The van der Waals surface area contributed by atoms with Crippen LogP contribution < -0.4 is 10.6 Å². The molecule has 0 aliphatic carbocycles. The second kappa shape index (κ2) is 5.63. The molecule has 2 rings (SSSR count). The zero-order valence-corrected chi connectivity index (χ0v) is 12.3. The fraction of sp³-hybridized carbons (Fsp3) is 0.231. The van der Waals surface area contributed by atoms with Gasteiger partial charge in [-0.3, -0.25) is 0 Å². The van der Waals surface area contributed by atoms with E-state index in [9.17, 15) is 4.39 Å². The summed E-state index contributed by atoms with van der Waals surface area (Å²) in [6, 6.07) is 4.88. The van der Waals surface area contributed by atoms with E-state index >= 15 is 0 Å². The summed E-state index contributed by atoms with van der Waals surface area (Å²) in [7, 11) is 1.91. The number of hydrogen-bond donors (Lipinski definition) is 1. The highest BCUT2D eigenvalue weighted by Crippen LogP contribution is 2.22. The van der Waals surface area contributed by atoms with Gasteiger partial charge in [-0.25, -0.2) is 9.37 Å². The summed E-state index contributed by atoms with van der Waals surface area (Å²) in [6.07, 6.45) is 0. The van der Waals surface area contributed by atoms with Gasteiger partial charge in [-0.1, -0.05) is 12.2 Å². The van der Waals surface area contributed by atoms with Crippen molar-refractivity contribution in [3.05, 3.63) is 45.7 Å². The van der Waals surface area contributed by atoms with Gasteiger partial charge in [-0.05, 0) is 25.1 Å². The van der Waals surface area contributed by atoms with Gasteiger partial charge in [-0.2, -0.15) is 0 Å². The van der Waals surface area contributed by atoms with E-state index in [0.717, 1.165) is 11.4 Å². The third-order valence-electron chi connectivity index (χ3n) is 2.88. The molecule has 0 fully saturated rings. The van der Waals surface area contributed by atoms with Crippen LogP contribution in [0.5, 0.6) is 0 Å². The third-order valence-corrected chi connectivity index (χ3v) is 4.02. The lowest BCUT2D eigenvalue weighted by Crippen LogP contribution is -2.17. The zero-order valence-electron chi connectivity index (χ0n) is 10.7. The molecule has 6 heteroatoms. The average molecular weight is 295 g/mol. The molecule has 0 atom stereocenters. The van der Waals surface area contributed by atoms with E-state index in [1.54, 1.807) is 17.4 Å². The summed E-state index contributed by atoms with van der Waals surface area (Å²) in [6.45, 7) is 2.67. The van der Waals surface area contributed by atoms with Gasteiger partial charge in [0.1, 0.15) is 10.8 Å². The minimum Gasteiger partial charge on any atom is -0.389 e. The van der Waals surface area contributed by atoms with Crippen LogP contribution in [-0.2, 0) is 6.54 Å². The predicted octanol–water partition coefficient (Wildman–Crippen LogP) is 2.86. The molecule has 0 radical (unpaired) electrons. The van der Waals surface area contributed by atoms with E-state index in [-0.39, 0.29) is 10.6 Å². The Kier molecular flexibility index (Phi) is 4.11. The first-order valence-electron chi connectivity index (χ1n) is 5.68. The summed E-state index contributed by atoms with van der Waals surface area (Å²) in [5, 5.41) is 0. The fourth-order valence-electron chi connectivity index (χ4n) is 1.73. The molecule has 0 unspecified atom stereocenters. The minimum absolute atomic E-state index is 0.0741. The molecule has 0 saturated carbocycles. The average Bonchev–Trinajstić information content (AvgIpc) is 2.74. The van der Waals surface area contributed by atoms with E-state index in [2.05, 4.69) is 4.98 Å². The van der Waals surface area contributed by atoms with E-state index in [1.165, 1.54) is 10.9 Å². The van der Waals surface area contributed by atoms with Gasteiger partial charge in [0.2, 0.25) is 0 Å². The monoisotopic (exact) mass is 295 g/mol. The fourth-order valence-corrected chi connectivity index (χ4v) is 2.72. The Hall–Kier alpha value is -1.53. The summed E-state index contributed by atoms with van der Waals surface area (Å²) in [5.41, 5.74) is 9.33. The number of rotatable bonds is 4. The first kappa shape index (κ1) is 13.9. The highest BCUT2D eigenvalue weighted by molar-refractivity contribution is 7.80. The summed E-state index contributed by atoms with van der Waals surface area (Å²) in [5.74, 6) is -0.391. The molecule has 0 aliphatic heterocycles. The molecular weight excluding hydrogens is 281 g/mol. The van der Waals surface area contributed by atoms with Gasteiger partial charge in [0.05, 0.1) is 17.7 Å². The smallest absolute Gasteiger partial charge is 0.135 e. The van der Waals surface area contributed by atoms with Crippen LogP contribution in [0.15, 0.2) is 23.7 Å². The van der Waals surface area contributed by atoms with Crippen LogP contribution in [0, 0.1) is 12.7 Å². The van der Waals surface area contributed by atoms with Gasteiger partial charge in [0, 0.05) is 23.2 Å². The lowest BCUT2D eigenvalue weighted by molar-refractivity contribution is 0.625. The lowest BCUT2D eigenvalue weighted by atomic mass is 10.2. The number of thiazole rings is 1. The summed E-state index contributed by atoms with van der Waals surface area (Å²) >= 11 is 6.38. The van der Waals surface area contributed by atoms with E-state index in [0.29, 0.717) is 6.54 Å². The van der Waals surface area contributed by atoms with Gasteiger partial charge < -0.3 is 10.6 Å². The molecule has 100 valence electrons. The van der Waals surface area contributed by atoms with Crippen molar-refractivity contribution < 1.29 is 4.39 Å². The molecule has 3 nitrogen and oxygen atoms in total. The standard InChI is InChI=1S/C13H14FN3S2/c1-8-12(19-7-16-8)6-17(2)9-3-4-10(13(15)18)11(14)5-9/h3-5,7H,6H2,1-2H3,(H2,15,18). The number of anilines is 1. The molecule has 0 saturated heterocycles. The first-order chi connectivity index (χ1) is 8.99. The Balaban J connectivity index is 2.20. The molecule has 0 aliphatic rings. The number of thiocarbonyl (C=S) groups is 1. The molecule has 2 aromatic rings. The normalized spacial score (nSPS) is 10.5. The maximum atomic E-state index is 13.8. The van der Waals surface area contributed by atoms with Crippen molar-refractivity contribution in [3.8, 4) is 0 Å². The van der Waals surface area contributed by atoms with Crippen molar-refractivity contribution in [2.75, 3.05) is 11.9 Å². The van der Waals surface area contributed by atoms with Crippen molar-refractivity contribution in [1.82, 2.24) is 4.98 Å². The van der Waals surface area contributed by atoms with E-state index in [4.69, 9.17) is 18.0 Å². The highest BCUT2D eigenvalue weighted by Gasteiger charge is 2.10. The molecule has 0 amide bonds. The van der Waals surface area contributed by atoms with Crippen LogP contribution in [-0.4, -0.2) is 17.0 Å². The van der Waals surface area contributed by atoms with Gasteiger partial charge in [-0.15, -0.1) is 11.3 Å². The van der Waals surface area contributed by atoms with Crippen LogP contribution in [0.25, 0.3) is 0 Å². The lowest BCUT2D eigenvalue weighted by Gasteiger charge is -2.19. The molecule has 19 heavy (non-hydrogen) atoms. The highest BCUT2D eigenvalue weighted by atomic mass is 32.1. The van der Waals surface area contributed by atoms with Crippen molar-refractivity contribution in [2.45, 2.75) is 13.5 Å². The second-order valence-electron chi connectivity index (χ2n) is 4.25. The molecule has 0 spiro atoms. The topological polar surface area (TPSA) is 42.2 Å². The van der Waals surface area contributed by atoms with Crippen molar-refractivity contribution >= 4 is 34.2 Å². The van der Waals surface area contributed by atoms with Crippen molar-refractivity contribution in [2.24, 2.45) is 5.73 Å². The van der Waals surface area contributed by atoms with E-state index in [1.807, 2.05) is 30.4 Å². The number of nitrogens with two attached hydrogens (primary N) is 1. The van der Waals surface area contributed by atoms with Crippen LogP contribution in [0.3, 0.4) is 0 Å². The van der Waals surface area contributed by atoms with Crippen LogP contribution in [0.2, 0.25) is 0 Å². The van der Waals surface area contributed by atoms with Gasteiger partial charge >= 0.3 is 0 Å². The first-order valence-corrected chi connectivity index (χ1v) is 6.97. The number of aromatic nitrogens is 1. The Bertz CT molecular complexity index is 610. The van der Waals surface area contributed by atoms with E-state index < -0.39 is 5.82 Å². The van der Waals surface area contributed by atoms with Crippen molar-refractivity contribution in [1.29, 1.82) is 0 Å². The quantitative estimate of drug-likeness (QED) is 0.881. The van der Waals surface area contributed by atoms with Gasteiger partial charge in [0.25, 0.3) is 0 Å². The predicted molar refractivity (Wildman–Crippen MR) is 81.2 cm³/mol. The number of aryl methyl sites for hydroxylation is 1. The summed E-state index contributed by atoms with van der Waals surface area (Å²) in [4.78, 5) is 7.41. The Labute approximate surface area is 120 Å². The van der Waals surface area contributed by atoms with Crippen LogP contribution in [0.4, 0.5) is 10.1 Å². The summed E-state index contributed by atoms with van der Waals surface area (Å²) < 4.78 is 13.8. The van der Waals surface area contributed by atoms with Gasteiger partial charge in [0.15, 0.2) is 0 Å². The largest absolute Gasteiger partial charge is 0.389 e. The Morgan fingerprint density at radius 1 is 1.53 bits per heavy atom. The van der Waals surface area contributed by atoms with Crippen LogP contribution >= 0.6 is 23.6 Å². The molecule has 1 aromatic carbocycles. The number of halogens is 1. The molecule has 2 N–H and O–H groups in total.